The van der Waals surface area contributed by atoms with Crippen molar-refractivity contribution < 1.29 is 4.42 Å². The van der Waals surface area contributed by atoms with E-state index < -0.39 is 0 Å². The summed E-state index contributed by atoms with van der Waals surface area (Å²) in [6.45, 7) is 0. The largest absolute Gasteiger partial charge is 0.455 e. The van der Waals surface area contributed by atoms with E-state index in [1.807, 2.05) is 42.5 Å². The number of nitrogens with zero attached hydrogens (tertiary/aromatic N) is 2. The standard InChI is InChI=1S/C44H28N2O/c1-4-13-29(14-5-1)32-23-24-36-39-27-38(35-21-10-11-22-37(35)43(39)47-42(36)26-32)33-19-12-20-34(25-33)41-28-40(30-15-6-2-7-16-30)45-44(46-41)31-17-8-3-9-18-31/h1-28H. The lowest BCUT2D eigenvalue weighted by Gasteiger charge is -2.12. The monoisotopic (exact) mass is 600 g/mol. The van der Waals surface area contributed by atoms with Crippen LogP contribution in [0.5, 0.6) is 0 Å². The molecule has 7 aromatic carbocycles. The molecule has 2 heterocycles. The SMILES string of the molecule is c1ccc(-c2ccc3c(c2)oc2c4ccccc4c(-c4cccc(-c5cc(-c6ccccc6)nc(-c6ccccc6)n5)c4)cc32)cc1. The fourth-order valence-electron chi connectivity index (χ4n) is 6.56. The third-order valence-corrected chi connectivity index (χ3v) is 8.88. The molecule has 3 heteroatoms. The summed E-state index contributed by atoms with van der Waals surface area (Å²) in [5.41, 5.74) is 11.3. The van der Waals surface area contributed by atoms with E-state index in [0.29, 0.717) is 5.82 Å². The Labute approximate surface area is 272 Å². The number of benzene rings is 7. The molecule has 0 amide bonds. The topological polar surface area (TPSA) is 38.9 Å². The molecule has 0 aliphatic rings. The first-order valence-electron chi connectivity index (χ1n) is 15.8. The van der Waals surface area contributed by atoms with Crippen molar-refractivity contribution in [2.45, 2.75) is 0 Å². The maximum Gasteiger partial charge on any atom is 0.160 e. The summed E-state index contributed by atoms with van der Waals surface area (Å²) in [5.74, 6) is 0.707. The van der Waals surface area contributed by atoms with Gasteiger partial charge in [0.1, 0.15) is 11.2 Å². The Morgan fingerprint density at radius 1 is 0.340 bits per heavy atom. The summed E-state index contributed by atoms with van der Waals surface area (Å²) in [6.07, 6.45) is 0. The van der Waals surface area contributed by atoms with Crippen LogP contribution < -0.4 is 0 Å². The lowest BCUT2D eigenvalue weighted by atomic mass is 9.93. The van der Waals surface area contributed by atoms with Crippen LogP contribution >= 0.6 is 0 Å². The van der Waals surface area contributed by atoms with E-state index in [-0.39, 0.29) is 0 Å². The fourth-order valence-corrected chi connectivity index (χ4v) is 6.56. The number of fused-ring (bicyclic) bond motifs is 5. The van der Waals surface area contributed by atoms with Crippen molar-refractivity contribution in [3.05, 3.63) is 170 Å². The molecule has 9 rings (SSSR count). The van der Waals surface area contributed by atoms with Crippen LogP contribution in [-0.2, 0) is 0 Å². The third-order valence-electron chi connectivity index (χ3n) is 8.88. The summed E-state index contributed by atoms with van der Waals surface area (Å²) < 4.78 is 6.61. The van der Waals surface area contributed by atoms with E-state index in [4.69, 9.17) is 14.4 Å². The number of hydrogen-bond acceptors (Lipinski definition) is 3. The summed E-state index contributed by atoms with van der Waals surface area (Å²) in [7, 11) is 0. The molecule has 0 saturated carbocycles. The van der Waals surface area contributed by atoms with Gasteiger partial charge in [0, 0.05) is 32.8 Å². The van der Waals surface area contributed by atoms with Crippen molar-refractivity contribution in [2.75, 3.05) is 0 Å². The van der Waals surface area contributed by atoms with Crippen molar-refractivity contribution in [1.29, 1.82) is 0 Å². The highest BCUT2D eigenvalue weighted by atomic mass is 16.3. The van der Waals surface area contributed by atoms with E-state index in [9.17, 15) is 0 Å². The number of rotatable bonds is 5. The predicted molar refractivity (Wildman–Crippen MR) is 194 cm³/mol. The van der Waals surface area contributed by atoms with Gasteiger partial charge in [-0.1, -0.05) is 140 Å². The first-order valence-corrected chi connectivity index (χ1v) is 15.8. The zero-order valence-corrected chi connectivity index (χ0v) is 25.5. The summed E-state index contributed by atoms with van der Waals surface area (Å²) >= 11 is 0. The second kappa shape index (κ2) is 11.2. The lowest BCUT2D eigenvalue weighted by molar-refractivity contribution is 0.673. The van der Waals surface area contributed by atoms with Crippen LogP contribution in [0.3, 0.4) is 0 Å². The Morgan fingerprint density at radius 2 is 0.936 bits per heavy atom. The zero-order valence-electron chi connectivity index (χ0n) is 25.5. The minimum absolute atomic E-state index is 0.707. The second-order valence-electron chi connectivity index (χ2n) is 11.8. The summed E-state index contributed by atoms with van der Waals surface area (Å²) in [4.78, 5) is 10.1. The van der Waals surface area contributed by atoms with E-state index in [2.05, 4.69) is 127 Å². The third kappa shape index (κ3) is 4.86. The van der Waals surface area contributed by atoms with Gasteiger partial charge in [-0.05, 0) is 58.0 Å². The Bertz CT molecular complexity index is 2500. The molecule has 0 spiro atoms. The van der Waals surface area contributed by atoms with Gasteiger partial charge in [0.05, 0.1) is 11.4 Å². The van der Waals surface area contributed by atoms with E-state index in [0.717, 1.165) is 77.5 Å². The fraction of sp³-hybridized carbons (Fsp3) is 0. The molecule has 0 aliphatic heterocycles. The van der Waals surface area contributed by atoms with Gasteiger partial charge >= 0.3 is 0 Å². The van der Waals surface area contributed by atoms with Gasteiger partial charge in [0.25, 0.3) is 0 Å². The molecule has 0 radical (unpaired) electrons. The van der Waals surface area contributed by atoms with Gasteiger partial charge in [-0.25, -0.2) is 9.97 Å². The zero-order chi connectivity index (χ0) is 31.2. The maximum atomic E-state index is 6.61. The number of hydrogen-bond donors (Lipinski definition) is 0. The van der Waals surface area contributed by atoms with Crippen molar-refractivity contribution >= 4 is 32.7 Å². The average molecular weight is 601 g/mol. The smallest absolute Gasteiger partial charge is 0.160 e. The number of furan rings is 1. The van der Waals surface area contributed by atoms with E-state index in [1.54, 1.807) is 0 Å². The molecule has 0 fully saturated rings. The average Bonchev–Trinajstić information content (AvgIpc) is 3.53. The Balaban J connectivity index is 1.22. The Kier molecular flexibility index (Phi) is 6.46. The van der Waals surface area contributed by atoms with Crippen LogP contribution in [0.4, 0.5) is 0 Å². The van der Waals surface area contributed by atoms with Gasteiger partial charge in [-0.2, -0.15) is 0 Å². The van der Waals surface area contributed by atoms with E-state index in [1.165, 1.54) is 5.56 Å². The Hall–Kier alpha value is -6.32. The molecular formula is C44H28N2O. The Morgan fingerprint density at radius 3 is 1.68 bits per heavy atom. The van der Waals surface area contributed by atoms with Gasteiger partial charge in [0.15, 0.2) is 5.82 Å². The summed E-state index contributed by atoms with van der Waals surface area (Å²) in [6, 6.07) is 59.1. The normalized spacial score (nSPS) is 11.4. The maximum absolute atomic E-state index is 6.61. The van der Waals surface area contributed by atoms with Gasteiger partial charge in [-0.3, -0.25) is 0 Å². The minimum Gasteiger partial charge on any atom is -0.455 e. The van der Waals surface area contributed by atoms with E-state index >= 15 is 0 Å². The van der Waals surface area contributed by atoms with Crippen LogP contribution in [0.2, 0.25) is 0 Å². The highest BCUT2D eigenvalue weighted by molar-refractivity contribution is 6.19. The highest BCUT2D eigenvalue weighted by Crippen LogP contribution is 2.41. The van der Waals surface area contributed by atoms with Crippen molar-refractivity contribution in [2.24, 2.45) is 0 Å². The first kappa shape index (κ1) is 27.0. The first-order chi connectivity index (χ1) is 23.3. The molecule has 0 N–H and O–H groups in total. The molecule has 2 aromatic heterocycles. The molecule has 0 atom stereocenters. The highest BCUT2D eigenvalue weighted by Gasteiger charge is 2.17. The molecule has 47 heavy (non-hydrogen) atoms. The predicted octanol–water partition coefficient (Wildman–Crippen LogP) is 11.9. The molecule has 0 aliphatic carbocycles. The molecule has 0 unspecified atom stereocenters. The van der Waals surface area contributed by atoms with Gasteiger partial charge < -0.3 is 4.42 Å². The van der Waals surface area contributed by atoms with Gasteiger partial charge in [-0.15, -0.1) is 0 Å². The molecule has 3 nitrogen and oxygen atoms in total. The van der Waals surface area contributed by atoms with Crippen molar-refractivity contribution in [1.82, 2.24) is 9.97 Å². The number of aromatic nitrogens is 2. The minimum atomic E-state index is 0.707. The quantitative estimate of drug-likeness (QED) is 0.197. The van der Waals surface area contributed by atoms with Crippen molar-refractivity contribution in [3.63, 3.8) is 0 Å². The van der Waals surface area contributed by atoms with Crippen LogP contribution in [0, 0.1) is 0 Å². The molecule has 0 saturated heterocycles. The lowest BCUT2D eigenvalue weighted by Crippen LogP contribution is -1.96. The van der Waals surface area contributed by atoms with Crippen LogP contribution in [-0.4, -0.2) is 9.97 Å². The molecule has 9 aromatic rings. The summed E-state index contributed by atoms with van der Waals surface area (Å²) in [5, 5.41) is 4.47. The van der Waals surface area contributed by atoms with Crippen LogP contribution in [0.25, 0.3) is 88.9 Å². The van der Waals surface area contributed by atoms with Crippen LogP contribution in [0.15, 0.2) is 174 Å². The van der Waals surface area contributed by atoms with Crippen LogP contribution in [0.1, 0.15) is 0 Å². The second-order valence-corrected chi connectivity index (χ2v) is 11.8. The molecule has 220 valence electrons. The molecule has 0 bridgehead atoms. The van der Waals surface area contributed by atoms with Gasteiger partial charge in [0.2, 0.25) is 0 Å². The van der Waals surface area contributed by atoms with Crippen molar-refractivity contribution in [3.8, 4) is 56.2 Å². The molecular weight excluding hydrogens is 572 g/mol.